The van der Waals surface area contributed by atoms with Gasteiger partial charge in [-0.2, -0.15) is 0 Å². The second-order valence-corrected chi connectivity index (χ2v) is 4.82. The topological polar surface area (TPSA) is 59.6 Å². The minimum atomic E-state index is -0.269. The molecule has 2 amide bonds. The highest BCUT2D eigenvalue weighted by molar-refractivity contribution is 5.74. The Kier molecular flexibility index (Phi) is 4.83. The molecule has 0 fully saturated rings. The first-order valence-electron chi connectivity index (χ1n) is 5.74. The van der Waals surface area contributed by atoms with Crippen LogP contribution in [0.5, 0.6) is 11.5 Å². The lowest BCUT2D eigenvalue weighted by molar-refractivity contribution is 0.214. The van der Waals surface area contributed by atoms with Crippen molar-refractivity contribution in [3.05, 3.63) is 24.3 Å². The third kappa shape index (κ3) is 4.95. The first-order valence-corrected chi connectivity index (χ1v) is 5.74. The predicted molar refractivity (Wildman–Crippen MR) is 69.9 cm³/mol. The number of nitrogens with one attached hydrogen (secondary N) is 2. The van der Waals surface area contributed by atoms with Crippen molar-refractivity contribution in [2.45, 2.75) is 26.3 Å². The molecule has 18 heavy (non-hydrogen) atoms. The summed E-state index contributed by atoms with van der Waals surface area (Å²) in [6.07, 6.45) is 0. The maximum atomic E-state index is 11.5. The molecule has 5 heteroatoms. The van der Waals surface area contributed by atoms with E-state index in [9.17, 15) is 4.79 Å². The van der Waals surface area contributed by atoms with Crippen LogP contribution in [0.15, 0.2) is 24.3 Å². The summed E-state index contributed by atoms with van der Waals surface area (Å²) in [7, 11) is 1.57. The molecule has 0 aliphatic rings. The molecule has 0 saturated heterocycles. The summed E-state index contributed by atoms with van der Waals surface area (Å²) in [6, 6.07) is 7.00. The van der Waals surface area contributed by atoms with Gasteiger partial charge in [0.05, 0.1) is 7.11 Å². The lowest BCUT2D eigenvalue weighted by Crippen LogP contribution is -2.47. The largest absolute Gasteiger partial charge is 0.493 e. The molecule has 0 aliphatic carbocycles. The van der Waals surface area contributed by atoms with Gasteiger partial charge in [-0.15, -0.1) is 0 Å². The summed E-state index contributed by atoms with van der Waals surface area (Å²) in [5, 5.41) is 5.38. The van der Waals surface area contributed by atoms with Crippen molar-refractivity contribution >= 4 is 6.03 Å². The first-order chi connectivity index (χ1) is 8.42. The van der Waals surface area contributed by atoms with Crippen molar-refractivity contribution in [1.29, 1.82) is 0 Å². The zero-order valence-electron chi connectivity index (χ0n) is 11.2. The Morgan fingerprint density at radius 2 is 1.83 bits per heavy atom. The van der Waals surface area contributed by atoms with E-state index in [1.165, 1.54) is 0 Å². The highest BCUT2D eigenvalue weighted by Crippen LogP contribution is 2.25. The average molecular weight is 252 g/mol. The summed E-state index contributed by atoms with van der Waals surface area (Å²) in [6.45, 7) is 5.82. The van der Waals surface area contributed by atoms with Crippen LogP contribution in [0.1, 0.15) is 20.8 Å². The Morgan fingerprint density at radius 3 is 2.39 bits per heavy atom. The van der Waals surface area contributed by atoms with E-state index in [4.69, 9.17) is 9.47 Å². The van der Waals surface area contributed by atoms with Crippen LogP contribution in [-0.4, -0.2) is 25.4 Å². The summed E-state index contributed by atoms with van der Waals surface area (Å²) in [5.74, 6) is 1.23. The highest BCUT2D eigenvalue weighted by Gasteiger charge is 2.13. The summed E-state index contributed by atoms with van der Waals surface area (Å²) < 4.78 is 10.5. The van der Waals surface area contributed by atoms with Gasteiger partial charge in [0.15, 0.2) is 18.2 Å². The van der Waals surface area contributed by atoms with E-state index in [0.29, 0.717) is 11.5 Å². The van der Waals surface area contributed by atoms with Gasteiger partial charge < -0.3 is 20.1 Å². The van der Waals surface area contributed by atoms with E-state index in [2.05, 4.69) is 10.6 Å². The molecule has 0 saturated carbocycles. The van der Waals surface area contributed by atoms with Crippen molar-refractivity contribution in [2.75, 3.05) is 13.8 Å². The smallest absolute Gasteiger partial charge is 0.317 e. The van der Waals surface area contributed by atoms with Gasteiger partial charge in [-0.3, -0.25) is 0 Å². The Labute approximate surface area is 107 Å². The van der Waals surface area contributed by atoms with Crippen LogP contribution in [0.2, 0.25) is 0 Å². The molecular formula is C13H20N2O3. The number of benzene rings is 1. The third-order valence-electron chi connectivity index (χ3n) is 2.02. The maximum absolute atomic E-state index is 11.5. The minimum absolute atomic E-state index is 0.0856. The van der Waals surface area contributed by atoms with Crippen LogP contribution in [0.25, 0.3) is 0 Å². The van der Waals surface area contributed by atoms with Gasteiger partial charge >= 0.3 is 6.03 Å². The zero-order chi connectivity index (χ0) is 13.6. The van der Waals surface area contributed by atoms with E-state index in [1.54, 1.807) is 19.2 Å². The molecule has 0 radical (unpaired) electrons. The van der Waals surface area contributed by atoms with Crippen LogP contribution in [0, 0.1) is 0 Å². The van der Waals surface area contributed by atoms with Crippen LogP contribution >= 0.6 is 0 Å². The fourth-order valence-corrected chi connectivity index (χ4v) is 1.30. The van der Waals surface area contributed by atoms with Gasteiger partial charge in [0.1, 0.15) is 0 Å². The van der Waals surface area contributed by atoms with Crippen molar-refractivity contribution in [2.24, 2.45) is 0 Å². The molecule has 0 bridgehead atoms. The fourth-order valence-electron chi connectivity index (χ4n) is 1.30. The molecule has 0 unspecified atom stereocenters. The Balaban J connectivity index is 2.40. The number of carbonyl (C=O) groups excluding carboxylic acids is 1. The van der Waals surface area contributed by atoms with Crippen molar-refractivity contribution in [3.8, 4) is 11.5 Å². The molecule has 5 nitrogen and oxygen atoms in total. The molecule has 0 atom stereocenters. The summed E-state index contributed by atoms with van der Waals surface area (Å²) >= 11 is 0. The number of methoxy groups -OCH3 is 1. The summed E-state index contributed by atoms with van der Waals surface area (Å²) in [5.41, 5.74) is -0.269. The van der Waals surface area contributed by atoms with Gasteiger partial charge in [-0.25, -0.2) is 4.79 Å². The van der Waals surface area contributed by atoms with Gasteiger partial charge in [-0.1, -0.05) is 12.1 Å². The number of carbonyl (C=O) groups is 1. The van der Waals surface area contributed by atoms with Crippen LogP contribution in [-0.2, 0) is 0 Å². The number of para-hydroxylation sites is 2. The second kappa shape index (κ2) is 6.14. The first kappa shape index (κ1) is 14.2. The Morgan fingerprint density at radius 1 is 1.22 bits per heavy atom. The fraction of sp³-hybridized carbons (Fsp3) is 0.462. The quantitative estimate of drug-likeness (QED) is 0.807. The van der Waals surface area contributed by atoms with Crippen molar-refractivity contribution in [1.82, 2.24) is 10.6 Å². The van der Waals surface area contributed by atoms with Crippen LogP contribution in [0.4, 0.5) is 4.79 Å². The molecule has 0 aromatic heterocycles. The number of hydrogen-bond acceptors (Lipinski definition) is 3. The van der Waals surface area contributed by atoms with Crippen LogP contribution in [0.3, 0.4) is 0 Å². The monoisotopic (exact) mass is 252 g/mol. The Hall–Kier alpha value is -1.91. The van der Waals surface area contributed by atoms with E-state index < -0.39 is 0 Å². The number of ether oxygens (including phenoxy) is 2. The average Bonchev–Trinajstić information content (AvgIpc) is 2.27. The normalized spacial score (nSPS) is 10.7. The Bertz CT molecular complexity index is 399. The predicted octanol–water partition coefficient (Wildman–Crippen LogP) is 2.13. The SMILES string of the molecule is COc1ccccc1OCNC(=O)NC(C)(C)C. The number of amides is 2. The number of urea groups is 1. The second-order valence-electron chi connectivity index (χ2n) is 4.82. The highest BCUT2D eigenvalue weighted by atomic mass is 16.5. The summed E-state index contributed by atoms with van der Waals surface area (Å²) in [4.78, 5) is 11.5. The van der Waals surface area contributed by atoms with E-state index in [0.717, 1.165) is 0 Å². The van der Waals surface area contributed by atoms with E-state index in [1.807, 2.05) is 32.9 Å². The minimum Gasteiger partial charge on any atom is -0.493 e. The molecule has 0 aliphatic heterocycles. The van der Waals surface area contributed by atoms with Crippen LogP contribution < -0.4 is 20.1 Å². The van der Waals surface area contributed by atoms with Gasteiger partial charge in [-0.05, 0) is 32.9 Å². The third-order valence-corrected chi connectivity index (χ3v) is 2.02. The molecule has 1 aromatic rings. The van der Waals surface area contributed by atoms with Crippen molar-refractivity contribution in [3.63, 3.8) is 0 Å². The molecule has 1 aromatic carbocycles. The van der Waals surface area contributed by atoms with E-state index in [-0.39, 0.29) is 18.3 Å². The molecule has 2 N–H and O–H groups in total. The lowest BCUT2D eigenvalue weighted by Gasteiger charge is -2.20. The maximum Gasteiger partial charge on any atom is 0.317 e. The number of rotatable bonds is 4. The number of hydrogen-bond donors (Lipinski definition) is 2. The molecule has 1 rings (SSSR count). The van der Waals surface area contributed by atoms with Crippen molar-refractivity contribution < 1.29 is 14.3 Å². The molecule has 100 valence electrons. The van der Waals surface area contributed by atoms with Gasteiger partial charge in [0, 0.05) is 5.54 Å². The van der Waals surface area contributed by atoms with Gasteiger partial charge in [0.2, 0.25) is 0 Å². The van der Waals surface area contributed by atoms with E-state index >= 15 is 0 Å². The molecule has 0 spiro atoms. The molecule has 0 heterocycles. The zero-order valence-corrected chi connectivity index (χ0v) is 11.2. The van der Waals surface area contributed by atoms with Gasteiger partial charge in [0.25, 0.3) is 0 Å². The lowest BCUT2D eigenvalue weighted by atomic mass is 10.1. The standard InChI is InChI=1S/C13H20N2O3/c1-13(2,3)15-12(16)14-9-18-11-8-6-5-7-10(11)17-4/h5-8H,9H2,1-4H3,(H2,14,15,16). The molecular weight excluding hydrogens is 232 g/mol.